The summed E-state index contributed by atoms with van der Waals surface area (Å²) in [6.07, 6.45) is 8.28. The van der Waals surface area contributed by atoms with Gasteiger partial charge in [-0.05, 0) is 37.6 Å². The van der Waals surface area contributed by atoms with Gasteiger partial charge < -0.3 is 19.9 Å². The molecule has 9 heteroatoms. The van der Waals surface area contributed by atoms with Gasteiger partial charge in [0, 0.05) is 52.5 Å². The molecule has 46 heavy (non-hydrogen) atoms. The molecular formula is C37H40ClN5O3. The van der Waals surface area contributed by atoms with E-state index in [1.54, 1.807) is 21.3 Å². The van der Waals surface area contributed by atoms with Crippen molar-refractivity contribution in [1.82, 2.24) is 19.7 Å². The van der Waals surface area contributed by atoms with Crippen molar-refractivity contribution >= 4 is 28.2 Å². The predicted octanol–water partition coefficient (Wildman–Crippen LogP) is 8.13. The number of fused-ring (bicyclic) bond motifs is 1. The number of nitrogens with two attached hydrogens (primary N) is 1. The van der Waals surface area contributed by atoms with Gasteiger partial charge in [-0.15, -0.1) is 0 Å². The molecule has 0 amide bonds. The standard InChI is InChI=1S/C37H40ClN5O3/c1-23(39)35-33(44-3)19-26(20-34(35)45-4)43-32-16-10-13-27(30(32)21-40-43)28-14-9-15-29(36(28)38)31-18-17-24(37(41-31)46-5)22-42(2)25-11-7-6-8-12-25/h9-10,13-21,25H,1,6-8,11-12,22,39H2,2-5H3. The molecule has 0 radical (unpaired) electrons. The average Bonchev–Trinajstić information content (AvgIpc) is 3.53. The van der Waals surface area contributed by atoms with Crippen molar-refractivity contribution in [3.05, 3.63) is 89.6 Å². The zero-order valence-electron chi connectivity index (χ0n) is 26.8. The molecule has 3 aromatic carbocycles. The Balaban J connectivity index is 1.36. The Morgan fingerprint density at radius 2 is 1.61 bits per heavy atom. The summed E-state index contributed by atoms with van der Waals surface area (Å²) in [4.78, 5) is 7.36. The highest BCUT2D eigenvalue weighted by Crippen LogP contribution is 2.41. The van der Waals surface area contributed by atoms with Crippen LogP contribution in [0.2, 0.25) is 5.02 Å². The number of aromatic nitrogens is 3. The van der Waals surface area contributed by atoms with Crippen LogP contribution < -0.4 is 19.9 Å². The molecule has 0 unspecified atom stereocenters. The van der Waals surface area contributed by atoms with E-state index in [9.17, 15) is 0 Å². The minimum Gasteiger partial charge on any atom is -0.496 e. The Kier molecular flexibility index (Phi) is 9.20. The minimum atomic E-state index is 0.357. The number of benzene rings is 3. The number of nitrogens with zero attached hydrogens (tertiary/aromatic N) is 4. The van der Waals surface area contributed by atoms with Gasteiger partial charge in [0.25, 0.3) is 0 Å². The molecule has 0 bridgehead atoms. The monoisotopic (exact) mass is 637 g/mol. The molecule has 0 atom stereocenters. The van der Waals surface area contributed by atoms with Crippen LogP contribution in [0.4, 0.5) is 0 Å². The van der Waals surface area contributed by atoms with E-state index in [-0.39, 0.29) is 0 Å². The lowest BCUT2D eigenvalue weighted by Crippen LogP contribution is -2.33. The van der Waals surface area contributed by atoms with Gasteiger partial charge in [0.05, 0.1) is 55.0 Å². The Bertz CT molecular complexity index is 1870. The number of hydrogen-bond acceptors (Lipinski definition) is 7. The largest absolute Gasteiger partial charge is 0.496 e. The minimum absolute atomic E-state index is 0.357. The number of hydrogen-bond donors (Lipinski definition) is 1. The average molecular weight is 638 g/mol. The van der Waals surface area contributed by atoms with Crippen LogP contribution in [0.1, 0.15) is 43.2 Å². The van der Waals surface area contributed by atoms with Gasteiger partial charge in [-0.3, -0.25) is 4.90 Å². The van der Waals surface area contributed by atoms with Crippen molar-refractivity contribution < 1.29 is 14.2 Å². The van der Waals surface area contributed by atoms with Crippen molar-refractivity contribution in [3.63, 3.8) is 0 Å². The summed E-state index contributed by atoms with van der Waals surface area (Å²) in [6.45, 7) is 4.67. The van der Waals surface area contributed by atoms with Crippen LogP contribution in [0.25, 0.3) is 44.7 Å². The van der Waals surface area contributed by atoms with E-state index in [1.165, 1.54) is 32.1 Å². The van der Waals surface area contributed by atoms with Gasteiger partial charge in [-0.25, -0.2) is 9.67 Å². The predicted molar refractivity (Wildman–Crippen MR) is 186 cm³/mol. The highest BCUT2D eigenvalue weighted by molar-refractivity contribution is 6.36. The number of halogens is 1. The van der Waals surface area contributed by atoms with Crippen molar-refractivity contribution in [2.24, 2.45) is 5.73 Å². The van der Waals surface area contributed by atoms with Crippen molar-refractivity contribution in [2.75, 3.05) is 28.4 Å². The van der Waals surface area contributed by atoms with E-state index in [0.29, 0.717) is 39.7 Å². The third-order valence-electron chi connectivity index (χ3n) is 8.98. The van der Waals surface area contributed by atoms with E-state index < -0.39 is 0 Å². The summed E-state index contributed by atoms with van der Waals surface area (Å²) >= 11 is 7.18. The first-order valence-electron chi connectivity index (χ1n) is 15.6. The van der Waals surface area contributed by atoms with Crippen LogP contribution >= 0.6 is 11.6 Å². The second-order valence-electron chi connectivity index (χ2n) is 11.8. The molecule has 6 rings (SSSR count). The van der Waals surface area contributed by atoms with Crippen LogP contribution in [0.15, 0.2) is 73.4 Å². The van der Waals surface area contributed by atoms with E-state index in [2.05, 4.69) is 30.7 Å². The second-order valence-corrected chi connectivity index (χ2v) is 12.2. The smallest absolute Gasteiger partial charge is 0.218 e. The maximum atomic E-state index is 7.18. The lowest BCUT2D eigenvalue weighted by Gasteiger charge is -2.31. The molecular weight excluding hydrogens is 598 g/mol. The van der Waals surface area contributed by atoms with Crippen LogP contribution in [-0.2, 0) is 6.54 Å². The first-order valence-corrected chi connectivity index (χ1v) is 15.9. The summed E-state index contributed by atoms with van der Waals surface area (Å²) in [7, 11) is 7.06. The Morgan fingerprint density at radius 1 is 0.935 bits per heavy atom. The number of pyridine rings is 1. The maximum absolute atomic E-state index is 7.18. The lowest BCUT2D eigenvalue weighted by atomic mass is 9.94. The molecule has 5 aromatic rings. The Labute approximate surface area is 275 Å². The van der Waals surface area contributed by atoms with Crippen LogP contribution in [0, 0.1) is 0 Å². The van der Waals surface area contributed by atoms with Crippen LogP contribution in [0.5, 0.6) is 17.4 Å². The third-order valence-corrected chi connectivity index (χ3v) is 9.39. The molecule has 2 N–H and O–H groups in total. The van der Waals surface area contributed by atoms with Crippen molar-refractivity contribution in [1.29, 1.82) is 0 Å². The summed E-state index contributed by atoms with van der Waals surface area (Å²) in [5.41, 5.74) is 13.2. The van der Waals surface area contributed by atoms with Gasteiger partial charge >= 0.3 is 0 Å². The fourth-order valence-corrected chi connectivity index (χ4v) is 6.93. The Hall–Kier alpha value is -4.53. The molecule has 238 valence electrons. The van der Waals surface area contributed by atoms with Gasteiger partial charge in [0.15, 0.2) is 0 Å². The molecule has 1 aliphatic rings. The molecule has 0 aliphatic heterocycles. The Morgan fingerprint density at radius 3 is 2.28 bits per heavy atom. The van der Waals surface area contributed by atoms with Crippen molar-refractivity contribution in [2.45, 2.75) is 44.7 Å². The molecule has 2 heterocycles. The first kappa shape index (κ1) is 31.5. The highest BCUT2D eigenvalue weighted by Gasteiger charge is 2.22. The number of ether oxygens (including phenoxy) is 3. The molecule has 1 saturated carbocycles. The van der Waals surface area contributed by atoms with Crippen molar-refractivity contribution in [3.8, 4) is 45.5 Å². The highest BCUT2D eigenvalue weighted by atomic mass is 35.5. The van der Waals surface area contributed by atoms with E-state index in [4.69, 9.17) is 41.6 Å². The van der Waals surface area contributed by atoms with Crippen LogP contribution in [-0.4, -0.2) is 54.1 Å². The molecule has 2 aromatic heterocycles. The van der Waals surface area contributed by atoms with E-state index in [0.717, 1.165) is 51.1 Å². The summed E-state index contributed by atoms with van der Waals surface area (Å²) in [5, 5.41) is 6.31. The fourth-order valence-electron chi connectivity index (χ4n) is 6.60. The van der Waals surface area contributed by atoms with Gasteiger partial charge in [0.1, 0.15) is 11.5 Å². The molecule has 1 aliphatic carbocycles. The molecule has 0 saturated heterocycles. The maximum Gasteiger partial charge on any atom is 0.218 e. The number of rotatable bonds is 10. The zero-order chi connectivity index (χ0) is 32.4. The van der Waals surface area contributed by atoms with Gasteiger partial charge in [-0.2, -0.15) is 5.10 Å². The SMILES string of the molecule is C=C(N)c1c(OC)cc(-n2ncc3c(-c4cccc(-c5ccc(CN(C)C6CCCCC6)c(OC)n5)c4Cl)cccc32)cc1OC. The zero-order valence-corrected chi connectivity index (χ0v) is 27.6. The topological polar surface area (TPSA) is 87.7 Å². The second kappa shape index (κ2) is 13.4. The number of methoxy groups -OCH3 is 3. The van der Waals surface area contributed by atoms with Gasteiger partial charge in [0.2, 0.25) is 5.88 Å². The van der Waals surface area contributed by atoms with Gasteiger partial charge in [-0.1, -0.05) is 73.8 Å². The molecule has 0 spiro atoms. The molecule has 8 nitrogen and oxygen atoms in total. The van der Waals surface area contributed by atoms with E-state index in [1.807, 2.05) is 59.4 Å². The first-order chi connectivity index (χ1) is 22.3. The molecule has 1 fully saturated rings. The quantitative estimate of drug-likeness (QED) is 0.165. The summed E-state index contributed by atoms with van der Waals surface area (Å²) in [6, 6.07) is 20.6. The fraction of sp³-hybridized carbons (Fsp3) is 0.297. The lowest BCUT2D eigenvalue weighted by molar-refractivity contribution is 0.182. The summed E-state index contributed by atoms with van der Waals surface area (Å²) < 4.78 is 18.9. The van der Waals surface area contributed by atoms with Crippen LogP contribution in [0.3, 0.4) is 0 Å². The summed E-state index contributed by atoms with van der Waals surface area (Å²) in [5.74, 6) is 1.72. The third kappa shape index (κ3) is 5.90. The van der Waals surface area contributed by atoms with E-state index >= 15 is 0 Å². The normalized spacial score (nSPS) is 13.7.